The van der Waals surface area contributed by atoms with E-state index in [1.807, 2.05) is 12.1 Å². The lowest BCUT2D eigenvalue weighted by Crippen LogP contribution is -2.09. The monoisotopic (exact) mass is 291 g/mol. The second-order valence-electron chi connectivity index (χ2n) is 4.64. The Balaban J connectivity index is 2.28. The van der Waals surface area contributed by atoms with Crippen LogP contribution in [0.4, 0.5) is 5.69 Å². The van der Waals surface area contributed by atoms with Gasteiger partial charge in [-0.3, -0.25) is 0 Å². The Morgan fingerprint density at radius 1 is 1.20 bits per heavy atom. The number of rotatable bonds is 6. The molecule has 4 heteroatoms. The van der Waals surface area contributed by atoms with E-state index in [2.05, 4.69) is 36.7 Å². The second kappa shape index (κ2) is 6.66. The average molecular weight is 291 g/mol. The van der Waals surface area contributed by atoms with E-state index in [9.17, 15) is 0 Å². The van der Waals surface area contributed by atoms with E-state index < -0.39 is 0 Å². The Morgan fingerprint density at radius 3 is 2.45 bits per heavy atom. The SMILES string of the molecule is CCC(Nc1cc(OC)c(OC)cc1C)c1cccs1. The lowest BCUT2D eigenvalue weighted by molar-refractivity contribution is 0.355. The number of hydrogen-bond acceptors (Lipinski definition) is 4. The molecule has 1 atom stereocenters. The van der Waals surface area contributed by atoms with Crippen LogP contribution >= 0.6 is 11.3 Å². The summed E-state index contributed by atoms with van der Waals surface area (Å²) in [7, 11) is 3.32. The minimum absolute atomic E-state index is 0.326. The molecule has 0 radical (unpaired) electrons. The molecule has 1 aromatic carbocycles. The van der Waals surface area contributed by atoms with Crippen molar-refractivity contribution in [2.75, 3.05) is 19.5 Å². The number of anilines is 1. The van der Waals surface area contributed by atoms with Gasteiger partial charge in [0.1, 0.15) is 0 Å². The summed E-state index contributed by atoms with van der Waals surface area (Å²) in [6.45, 7) is 4.26. The van der Waals surface area contributed by atoms with Crippen molar-refractivity contribution in [3.8, 4) is 11.5 Å². The molecular weight excluding hydrogens is 270 g/mol. The van der Waals surface area contributed by atoms with E-state index >= 15 is 0 Å². The zero-order valence-electron chi connectivity index (χ0n) is 12.4. The average Bonchev–Trinajstić information content (AvgIpc) is 2.99. The number of ether oxygens (including phenoxy) is 2. The van der Waals surface area contributed by atoms with E-state index in [-0.39, 0.29) is 0 Å². The fraction of sp³-hybridized carbons (Fsp3) is 0.375. The van der Waals surface area contributed by atoms with Crippen LogP contribution in [0, 0.1) is 6.92 Å². The summed E-state index contributed by atoms with van der Waals surface area (Å²) in [6.07, 6.45) is 1.04. The highest BCUT2D eigenvalue weighted by molar-refractivity contribution is 7.10. The van der Waals surface area contributed by atoms with Gasteiger partial charge in [0.15, 0.2) is 11.5 Å². The van der Waals surface area contributed by atoms with Gasteiger partial charge in [-0.1, -0.05) is 13.0 Å². The molecule has 1 unspecified atom stereocenters. The van der Waals surface area contributed by atoms with Crippen LogP contribution in [0.3, 0.4) is 0 Å². The fourth-order valence-electron chi connectivity index (χ4n) is 2.19. The predicted octanol–water partition coefficient (Wildman–Crippen LogP) is 4.64. The highest BCUT2D eigenvalue weighted by Gasteiger charge is 2.14. The van der Waals surface area contributed by atoms with Crippen molar-refractivity contribution in [2.45, 2.75) is 26.3 Å². The van der Waals surface area contributed by atoms with Crippen molar-refractivity contribution in [2.24, 2.45) is 0 Å². The highest BCUT2D eigenvalue weighted by Crippen LogP contribution is 2.35. The van der Waals surface area contributed by atoms with Gasteiger partial charge in [0.2, 0.25) is 0 Å². The minimum atomic E-state index is 0.326. The minimum Gasteiger partial charge on any atom is -0.493 e. The van der Waals surface area contributed by atoms with E-state index in [4.69, 9.17) is 9.47 Å². The summed E-state index contributed by atoms with van der Waals surface area (Å²) in [5.41, 5.74) is 2.24. The molecule has 0 saturated heterocycles. The number of thiophene rings is 1. The van der Waals surface area contributed by atoms with Crippen molar-refractivity contribution in [1.82, 2.24) is 0 Å². The van der Waals surface area contributed by atoms with Crippen molar-refractivity contribution in [1.29, 1.82) is 0 Å². The summed E-state index contributed by atoms with van der Waals surface area (Å²) >= 11 is 1.78. The van der Waals surface area contributed by atoms with Crippen LogP contribution in [0.25, 0.3) is 0 Å². The predicted molar refractivity (Wildman–Crippen MR) is 85.3 cm³/mol. The molecular formula is C16H21NO2S. The molecule has 0 saturated carbocycles. The van der Waals surface area contributed by atoms with E-state index in [1.165, 1.54) is 4.88 Å². The molecule has 0 bridgehead atoms. The molecule has 2 rings (SSSR count). The van der Waals surface area contributed by atoms with Crippen LogP contribution in [0.15, 0.2) is 29.6 Å². The summed E-state index contributed by atoms with van der Waals surface area (Å²) in [5.74, 6) is 1.52. The van der Waals surface area contributed by atoms with E-state index in [0.29, 0.717) is 6.04 Å². The largest absolute Gasteiger partial charge is 0.493 e. The first-order valence-corrected chi connectivity index (χ1v) is 7.60. The Bertz CT molecular complexity index is 552. The number of aryl methyl sites for hydroxylation is 1. The molecule has 108 valence electrons. The summed E-state index contributed by atoms with van der Waals surface area (Å²) in [4.78, 5) is 1.35. The zero-order valence-corrected chi connectivity index (χ0v) is 13.2. The molecule has 1 aromatic heterocycles. The zero-order chi connectivity index (χ0) is 14.5. The molecule has 3 nitrogen and oxygen atoms in total. The third-order valence-electron chi connectivity index (χ3n) is 3.36. The van der Waals surface area contributed by atoms with Crippen LogP contribution in [0.5, 0.6) is 11.5 Å². The van der Waals surface area contributed by atoms with Gasteiger partial charge in [-0.15, -0.1) is 11.3 Å². The van der Waals surface area contributed by atoms with Gasteiger partial charge in [-0.25, -0.2) is 0 Å². The van der Waals surface area contributed by atoms with Crippen LogP contribution < -0.4 is 14.8 Å². The molecule has 0 aliphatic carbocycles. The van der Waals surface area contributed by atoms with Gasteiger partial charge in [0, 0.05) is 16.6 Å². The number of benzene rings is 1. The maximum absolute atomic E-state index is 5.38. The van der Waals surface area contributed by atoms with Gasteiger partial charge in [0.05, 0.1) is 20.3 Å². The first-order chi connectivity index (χ1) is 9.69. The number of hydrogen-bond donors (Lipinski definition) is 1. The van der Waals surface area contributed by atoms with Crippen molar-refractivity contribution >= 4 is 17.0 Å². The lowest BCUT2D eigenvalue weighted by Gasteiger charge is -2.20. The molecule has 0 fully saturated rings. The van der Waals surface area contributed by atoms with Crippen LogP contribution in [-0.4, -0.2) is 14.2 Å². The summed E-state index contributed by atoms with van der Waals surface area (Å²) < 4.78 is 10.7. The van der Waals surface area contributed by atoms with Gasteiger partial charge in [-0.2, -0.15) is 0 Å². The number of methoxy groups -OCH3 is 2. The normalized spacial score (nSPS) is 12.0. The standard InChI is InChI=1S/C16H21NO2S/c1-5-12(16-7-6-8-20-16)17-13-10-15(19-4)14(18-3)9-11(13)2/h6-10,12,17H,5H2,1-4H3. The first kappa shape index (κ1) is 14.7. The van der Waals surface area contributed by atoms with Gasteiger partial charge in [-0.05, 0) is 36.4 Å². The Morgan fingerprint density at radius 2 is 1.90 bits per heavy atom. The van der Waals surface area contributed by atoms with Gasteiger partial charge in [0.25, 0.3) is 0 Å². The van der Waals surface area contributed by atoms with Crippen LogP contribution in [0.1, 0.15) is 29.8 Å². The first-order valence-electron chi connectivity index (χ1n) is 6.72. The maximum atomic E-state index is 5.38. The van der Waals surface area contributed by atoms with Crippen LogP contribution in [0.2, 0.25) is 0 Å². The molecule has 20 heavy (non-hydrogen) atoms. The lowest BCUT2D eigenvalue weighted by atomic mass is 10.1. The molecule has 0 aliphatic heterocycles. The molecule has 1 N–H and O–H groups in total. The number of nitrogens with one attached hydrogen (secondary N) is 1. The van der Waals surface area contributed by atoms with Gasteiger partial charge >= 0.3 is 0 Å². The maximum Gasteiger partial charge on any atom is 0.162 e. The topological polar surface area (TPSA) is 30.5 Å². The molecule has 0 amide bonds. The van der Waals surface area contributed by atoms with Crippen molar-refractivity contribution < 1.29 is 9.47 Å². The Hall–Kier alpha value is -1.68. The highest BCUT2D eigenvalue weighted by atomic mass is 32.1. The molecule has 0 spiro atoms. The quantitative estimate of drug-likeness (QED) is 0.841. The Labute approximate surface area is 124 Å². The Kier molecular flexibility index (Phi) is 4.90. The molecule has 0 aliphatic rings. The third kappa shape index (κ3) is 3.07. The smallest absolute Gasteiger partial charge is 0.162 e. The van der Waals surface area contributed by atoms with Gasteiger partial charge < -0.3 is 14.8 Å². The summed E-state index contributed by atoms with van der Waals surface area (Å²) in [6, 6.07) is 8.59. The molecule has 2 aromatic rings. The summed E-state index contributed by atoms with van der Waals surface area (Å²) in [5, 5.41) is 5.71. The molecule has 1 heterocycles. The van der Waals surface area contributed by atoms with E-state index in [0.717, 1.165) is 29.2 Å². The fourth-order valence-corrected chi connectivity index (χ4v) is 3.05. The third-order valence-corrected chi connectivity index (χ3v) is 4.34. The van der Waals surface area contributed by atoms with Crippen LogP contribution in [-0.2, 0) is 0 Å². The second-order valence-corrected chi connectivity index (χ2v) is 5.62. The van der Waals surface area contributed by atoms with Crippen molar-refractivity contribution in [3.63, 3.8) is 0 Å². The van der Waals surface area contributed by atoms with Crippen molar-refractivity contribution in [3.05, 3.63) is 40.1 Å². The van der Waals surface area contributed by atoms with E-state index in [1.54, 1.807) is 25.6 Å².